The van der Waals surface area contributed by atoms with Crippen LogP contribution in [0.4, 0.5) is 5.69 Å². The number of anilines is 1. The molecule has 3 unspecified atom stereocenters. The van der Waals surface area contributed by atoms with E-state index in [2.05, 4.69) is 19.2 Å². The molecule has 2 N–H and O–H groups in total. The van der Waals surface area contributed by atoms with Gasteiger partial charge in [-0.05, 0) is 70.8 Å². The Labute approximate surface area is 435 Å². The number of carbonyl (C=O) groups excluding carboxylic acids is 3. The Morgan fingerprint density at radius 1 is 1.03 bits per heavy atom. The van der Waals surface area contributed by atoms with Crippen LogP contribution < -0.4 is 81.4 Å². The first kappa shape index (κ1) is 57.1. The molecule has 2 aromatic rings. The number of rotatable bonds is 6. The van der Waals surface area contributed by atoms with Gasteiger partial charge in [0.1, 0.15) is 53.0 Å². The first-order chi connectivity index (χ1) is 31.5. The van der Waals surface area contributed by atoms with Gasteiger partial charge in [0.05, 0.1) is 23.3 Å². The number of likely N-dealkylation sites (N-methyl/N-ethyl adjacent to an activating group) is 1. The second-order valence-electron chi connectivity index (χ2n) is 16.6. The zero-order valence-electron chi connectivity index (χ0n) is 41.7. The minimum absolute atomic E-state index is 0. The Morgan fingerprint density at radius 2 is 1.72 bits per heavy atom. The van der Waals surface area contributed by atoms with Crippen LogP contribution >= 0.6 is 0 Å². The molecular formula is C50H66KN3O13. The molecule has 7 atom stereocenters. The molecule has 4 heterocycles. The molecule has 16 nitrogen and oxygen atoms in total. The third kappa shape index (κ3) is 12.5. The number of Topliss-reactive ketones (excluding diaryl/α,β-unsaturated/α-hetero) is 1. The maximum Gasteiger partial charge on any atom is 1.00 e. The smallest absolute Gasteiger partial charge is 0.857 e. The van der Waals surface area contributed by atoms with Gasteiger partial charge < -0.3 is 53.3 Å². The molecule has 0 aromatic heterocycles. The average molecular weight is 956 g/mol. The molecule has 0 saturated carbocycles. The average Bonchev–Trinajstić information content (AvgIpc) is 3.56. The first-order valence-electron chi connectivity index (χ1n) is 22.2. The fourth-order valence-corrected chi connectivity index (χ4v) is 8.33. The van der Waals surface area contributed by atoms with Crippen molar-refractivity contribution in [1.29, 1.82) is 0 Å². The van der Waals surface area contributed by atoms with E-state index in [4.69, 9.17) is 48.0 Å². The van der Waals surface area contributed by atoms with Gasteiger partial charge in [0.15, 0.2) is 11.3 Å². The molecule has 17 heteroatoms. The summed E-state index contributed by atoms with van der Waals surface area (Å²) in [6, 6.07) is 5.15. The molecule has 4 aliphatic heterocycles. The van der Waals surface area contributed by atoms with Gasteiger partial charge in [-0.15, -0.1) is 0 Å². The van der Waals surface area contributed by atoms with Crippen LogP contribution in [0.25, 0.3) is 33.3 Å². The zero-order chi connectivity index (χ0) is 49.2. The van der Waals surface area contributed by atoms with E-state index in [0.29, 0.717) is 42.0 Å². The van der Waals surface area contributed by atoms with Gasteiger partial charge in [-0.2, -0.15) is 7.11 Å². The van der Waals surface area contributed by atoms with Crippen molar-refractivity contribution < 1.29 is 109 Å². The number of benzene rings is 3. The van der Waals surface area contributed by atoms with E-state index >= 15 is 4.79 Å². The molecule has 0 saturated heterocycles. The summed E-state index contributed by atoms with van der Waals surface area (Å²) in [5.41, 5.74) is 0.568. The Kier molecular flexibility index (Phi) is 21.7. The number of allylic oxidation sites excluding steroid dienone is 3. The van der Waals surface area contributed by atoms with Gasteiger partial charge in [0.2, 0.25) is 5.43 Å². The fourth-order valence-electron chi connectivity index (χ4n) is 8.33. The van der Waals surface area contributed by atoms with E-state index in [0.717, 1.165) is 20.6 Å². The van der Waals surface area contributed by atoms with Crippen molar-refractivity contribution in [2.75, 3.05) is 53.9 Å². The number of aromatic nitrogens is 1. The predicted octanol–water partition coefficient (Wildman–Crippen LogP) is 3.98. The molecule has 67 heavy (non-hydrogen) atoms. The summed E-state index contributed by atoms with van der Waals surface area (Å²) in [6.45, 7) is 17.3. The summed E-state index contributed by atoms with van der Waals surface area (Å²) >= 11 is 0. The predicted molar refractivity (Wildman–Crippen MR) is 251 cm³/mol. The second-order valence-corrected chi connectivity index (χ2v) is 16.6. The van der Waals surface area contributed by atoms with Gasteiger partial charge in [-0.25, -0.2) is 4.98 Å². The molecule has 1 amide bonds. The normalized spacial score (nSPS) is 25.1. The number of fused-ring (bicyclic) bond motifs is 8. The zero-order valence-corrected chi connectivity index (χ0v) is 44.8. The fraction of sp³-hybridized carbons (Fsp3) is 0.500. The molecule has 0 fully saturated rings. The van der Waals surface area contributed by atoms with Crippen molar-refractivity contribution >= 4 is 45.2 Å². The monoisotopic (exact) mass is 955 g/mol. The number of aliphatic hydroxyl groups excluding tert-OH is 1. The molecule has 6 bridgehead atoms. The second kappa shape index (κ2) is 25.4. The van der Waals surface area contributed by atoms with Crippen molar-refractivity contribution in [3.8, 4) is 28.7 Å². The minimum Gasteiger partial charge on any atom is -0.857 e. The van der Waals surface area contributed by atoms with Crippen molar-refractivity contribution in [2.45, 2.75) is 99.3 Å². The topological polar surface area (TPSA) is 208 Å². The standard InChI is InChI=1S/C46H53N3O11.C2H6.CH4O.CH3O.K/c1-23-12-11-13-25(3)45(53)48-38-39(51)35-34(37-43(38)58-32-22-29(14-15-30(32)47-37)55-19-17-49(8)9)36-42-27(5)41(35)59-33(21-24(2)20-23)40(57-28(6)50)26(4)31(54-10)16-18-56-46(7,60-42)44(36)52;3*1-2;/h11-16,18,22-24,26,31,33,40H,17,19-21H2,1-10H3,(H,48,53);1-2H3;2H,1H3;1H3;/q;;;-1;+1/b12-11+,18-16+,25-13-;;;;/t23?,24-,26-,31+,33?,40?,46+;;;;/m1..../s1. The van der Waals surface area contributed by atoms with Crippen LogP contribution in [-0.2, 0) is 23.8 Å². The van der Waals surface area contributed by atoms with Gasteiger partial charge in [0, 0.05) is 63.1 Å². The van der Waals surface area contributed by atoms with Crippen LogP contribution in [0.1, 0.15) is 84.2 Å². The molecular weight excluding hydrogens is 890 g/mol. The van der Waals surface area contributed by atoms with Gasteiger partial charge in [-0.1, -0.05) is 52.8 Å². The van der Waals surface area contributed by atoms with Crippen LogP contribution in [0, 0.1) is 24.7 Å². The van der Waals surface area contributed by atoms with Gasteiger partial charge >= 0.3 is 63.1 Å². The molecule has 7 rings (SSSR count). The number of methoxy groups -OCH3 is 1. The summed E-state index contributed by atoms with van der Waals surface area (Å²) in [6.07, 6.45) is 7.23. The van der Waals surface area contributed by atoms with Crippen molar-refractivity contribution in [2.24, 2.45) is 17.8 Å². The van der Waals surface area contributed by atoms with E-state index in [9.17, 15) is 14.4 Å². The number of hydrogen-bond acceptors (Lipinski definition) is 15. The van der Waals surface area contributed by atoms with E-state index in [-0.39, 0.29) is 114 Å². The van der Waals surface area contributed by atoms with Crippen molar-refractivity contribution in [1.82, 2.24) is 9.88 Å². The van der Waals surface area contributed by atoms with Crippen LogP contribution in [-0.4, -0.2) is 105 Å². The van der Waals surface area contributed by atoms with E-state index in [1.54, 1.807) is 44.2 Å². The summed E-state index contributed by atoms with van der Waals surface area (Å²) in [7, 11) is 7.16. The Bertz CT molecular complexity index is 2500. The Morgan fingerprint density at radius 3 is 2.36 bits per heavy atom. The Hall–Kier alpha value is -4.17. The van der Waals surface area contributed by atoms with E-state index in [1.807, 2.05) is 51.9 Å². The summed E-state index contributed by atoms with van der Waals surface area (Å²) < 4.78 is 44.3. The summed E-state index contributed by atoms with van der Waals surface area (Å²) in [5, 5.41) is 18.1. The minimum atomic E-state index is -1.89. The third-order valence-corrected chi connectivity index (χ3v) is 11.5. The number of amides is 1. The SMILES string of the molecule is CC.CO.CO[C@H]1/C=C/O[C@@]2(C)Oc3c(C)c4c5c(=O)c(c6oc7cc(OCCN(C)C)ccc7nc-6c5c3C2=O)NC(=O)/C(C)=C\C=C\C(C)C[C@@H](C)CC(O4)C(OC(C)=O)[C@@H]1C.C[O-].[K+]. The van der Waals surface area contributed by atoms with Crippen molar-refractivity contribution in [3.05, 3.63) is 75.7 Å². The number of esters is 1. The van der Waals surface area contributed by atoms with Gasteiger partial charge in [-0.3, -0.25) is 19.2 Å². The Balaban J connectivity index is 0.00000163. The van der Waals surface area contributed by atoms with Crippen LogP contribution in [0.3, 0.4) is 0 Å². The number of aliphatic hydroxyl groups is 1. The van der Waals surface area contributed by atoms with Gasteiger partial charge in [0.25, 0.3) is 11.7 Å². The molecule has 5 aliphatic rings. The molecule has 1 aliphatic carbocycles. The summed E-state index contributed by atoms with van der Waals surface area (Å²) in [5.74, 6) is -3.33. The van der Waals surface area contributed by atoms with Crippen molar-refractivity contribution in [3.63, 3.8) is 0 Å². The largest absolute Gasteiger partial charge is 1.00 e. The molecule has 0 spiro atoms. The quantitative estimate of drug-likeness (QED) is 0.121. The number of nitrogens with one attached hydrogen (secondary N) is 1. The third-order valence-electron chi connectivity index (χ3n) is 11.5. The number of ether oxygens (including phenoxy) is 6. The summed E-state index contributed by atoms with van der Waals surface area (Å²) in [4.78, 5) is 64.1. The number of carbonyl (C=O) groups is 3. The van der Waals surface area contributed by atoms with Crippen LogP contribution in [0.15, 0.2) is 63.6 Å². The number of nitrogens with zero attached hydrogens (tertiary/aromatic N) is 2. The molecule has 0 radical (unpaired) electrons. The first-order valence-corrected chi connectivity index (χ1v) is 22.2. The van der Waals surface area contributed by atoms with Crippen LogP contribution in [0.5, 0.6) is 17.2 Å². The molecule has 360 valence electrons. The van der Waals surface area contributed by atoms with Crippen LogP contribution in [0.2, 0.25) is 0 Å². The maximum atomic E-state index is 15.4. The number of ketones is 1. The maximum absolute atomic E-state index is 15.4. The molecule has 2 aromatic carbocycles. The van der Waals surface area contributed by atoms with E-state index in [1.165, 1.54) is 27.2 Å². The number of hydrogen-bond donors (Lipinski definition) is 2. The van der Waals surface area contributed by atoms with E-state index < -0.39 is 53.1 Å².